The van der Waals surface area contributed by atoms with E-state index in [-0.39, 0.29) is 29.7 Å². The number of thioether (sulfide) groups is 1. The molecule has 0 aromatic heterocycles. The first-order valence-corrected chi connectivity index (χ1v) is 10.4. The Hall–Kier alpha value is -3.46. The zero-order valence-electron chi connectivity index (χ0n) is 16.3. The van der Waals surface area contributed by atoms with Gasteiger partial charge >= 0.3 is 0 Å². The van der Waals surface area contributed by atoms with Crippen molar-refractivity contribution in [3.05, 3.63) is 76.4 Å². The lowest BCUT2D eigenvalue weighted by Crippen LogP contribution is -2.41. The van der Waals surface area contributed by atoms with E-state index >= 15 is 0 Å². The third-order valence-electron chi connectivity index (χ3n) is 4.74. The fourth-order valence-electron chi connectivity index (χ4n) is 3.13. The smallest absolute Gasteiger partial charge is 0.293 e. The number of benzene rings is 2. The first kappa shape index (κ1) is 20.8. The highest BCUT2D eigenvalue weighted by Gasteiger charge is 2.35. The van der Waals surface area contributed by atoms with Gasteiger partial charge in [-0.05, 0) is 41.1 Å². The van der Waals surface area contributed by atoms with E-state index in [1.807, 2.05) is 30.3 Å². The molecule has 0 radical (unpaired) electrons. The first-order chi connectivity index (χ1) is 15.0. The Labute approximate surface area is 181 Å². The van der Waals surface area contributed by atoms with Gasteiger partial charge in [0.1, 0.15) is 5.82 Å². The number of oxime groups is 1. The molecule has 1 saturated heterocycles. The van der Waals surface area contributed by atoms with Crippen molar-refractivity contribution in [1.82, 2.24) is 10.2 Å². The van der Waals surface area contributed by atoms with Crippen LogP contribution in [0.4, 0.5) is 9.18 Å². The zero-order valence-corrected chi connectivity index (χ0v) is 17.1. The van der Waals surface area contributed by atoms with E-state index in [1.165, 1.54) is 30.3 Å². The molecule has 2 aromatic rings. The molecule has 9 heteroatoms. The SMILES string of the molecule is O=C(NCCN1C(=O)S/C(=C\c2ccc(F)cc2)C1=O)C1CC(c2ccccc2)=NO1. The van der Waals surface area contributed by atoms with Crippen LogP contribution in [0.5, 0.6) is 0 Å². The van der Waals surface area contributed by atoms with Crippen molar-refractivity contribution in [3.63, 3.8) is 0 Å². The summed E-state index contributed by atoms with van der Waals surface area (Å²) >= 11 is 0.812. The van der Waals surface area contributed by atoms with Crippen LogP contribution in [0.2, 0.25) is 0 Å². The number of carbonyl (C=O) groups is 3. The van der Waals surface area contributed by atoms with Gasteiger partial charge in [0.25, 0.3) is 17.1 Å². The maximum atomic E-state index is 13.0. The summed E-state index contributed by atoms with van der Waals surface area (Å²) in [5, 5.41) is 6.24. The minimum absolute atomic E-state index is 0.0380. The Kier molecular flexibility index (Phi) is 6.13. The quantitative estimate of drug-likeness (QED) is 0.699. The third-order valence-corrected chi connectivity index (χ3v) is 5.65. The van der Waals surface area contributed by atoms with E-state index < -0.39 is 17.3 Å². The molecule has 1 N–H and O–H groups in total. The fourth-order valence-corrected chi connectivity index (χ4v) is 3.99. The second-order valence-corrected chi connectivity index (χ2v) is 7.87. The molecule has 4 rings (SSSR count). The summed E-state index contributed by atoms with van der Waals surface area (Å²) in [6, 6.07) is 15.0. The largest absolute Gasteiger partial charge is 0.382 e. The average molecular weight is 439 g/mol. The van der Waals surface area contributed by atoms with E-state index in [2.05, 4.69) is 10.5 Å². The molecule has 0 saturated carbocycles. The van der Waals surface area contributed by atoms with Gasteiger partial charge in [0.2, 0.25) is 6.10 Å². The predicted molar refractivity (Wildman–Crippen MR) is 115 cm³/mol. The summed E-state index contributed by atoms with van der Waals surface area (Å²) in [7, 11) is 0. The lowest BCUT2D eigenvalue weighted by atomic mass is 10.0. The van der Waals surface area contributed by atoms with Crippen molar-refractivity contribution < 1.29 is 23.6 Å². The number of rotatable bonds is 6. The maximum Gasteiger partial charge on any atom is 0.293 e. The Morgan fingerprint density at radius 1 is 1.19 bits per heavy atom. The van der Waals surface area contributed by atoms with Crippen LogP contribution in [-0.4, -0.2) is 46.9 Å². The Bertz CT molecular complexity index is 1070. The van der Waals surface area contributed by atoms with Gasteiger partial charge in [0.05, 0.1) is 10.6 Å². The van der Waals surface area contributed by atoms with Gasteiger partial charge in [0, 0.05) is 19.5 Å². The molecular weight excluding hydrogens is 421 g/mol. The van der Waals surface area contributed by atoms with Crippen molar-refractivity contribution in [2.75, 3.05) is 13.1 Å². The van der Waals surface area contributed by atoms with Gasteiger partial charge in [-0.3, -0.25) is 19.3 Å². The number of halogens is 1. The Morgan fingerprint density at radius 2 is 1.94 bits per heavy atom. The van der Waals surface area contributed by atoms with Crippen molar-refractivity contribution in [3.8, 4) is 0 Å². The van der Waals surface area contributed by atoms with Crippen molar-refractivity contribution in [1.29, 1.82) is 0 Å². The summed E-state index contributed by atoms with van der Waals surface area (Å²) in [5.41, 5.74) is 2.20. The van der Waals surface area contributed by atoms with Crippen LogP contribution in [0.25, 0.3) is 6.08 Å². The molecule has 0 bridgehead atoms. The lowest BCUT2D eigenvalue weighted by molar-refractivity contribution is -0.131. The molecule has 0 spiro atoms. The second-order valence-electron chi connectivity index (χ2n) is 6.88. The minimum atomic E-state index is -0.747. The van der Waals surface area contributed by atoms with E-state index in [9.17, 15) is 18.8 Å². The molecule has 1 unspecified atom stereocenters. The van der Waals surface area contributed by atoms with Gasteiger partial charge in [0.15, 0.2) is 0 Å². The molecule has 31 heavy (non-hydrogen) atoms. The summed E-state index contributed by atoms with van der Waals surface area (Å²) in [6.07, 6.45) is 1.14. The van der Waals surface area contributed by atoms with E-state index in [4.69, 9.17) is 4.84 Å². The lowest BCUT2D eigenvalue weighted by Gasteiger charge is -2.14. The Balaban J connectivity index is 1.28. The minimum Gasteiger partial charge on any atom is -0.382 e. The number of imide groups is 1. The van der Waals surface area contributed by atoms with Crippen molar-refractivity contribution in [2.24, 2.45) is 5.16 Å². The average Bonchev–Trinajstić information content (AvgIpc) is 3.37. The van der Waals surface area contributed by atoms with Crippen LogP contribution in [0.15, 0.2) is 64.7 Å². The molecule has 3 amide bonds. The number of hydrogen-bond acceptors (Lipinski definition) is 6. The van der Waals surface area contributed by atoms with Crippen molar-refractivity contribution in [2.45, 2.75) is 12.5 Å². The topological polar surface area (TPSA) is 88.1 Å². The predicted octanol–water partition coefficient (Wildman–Crippen LogP) is 3.17. The molecule has 2 aliphatic heterocycles. The van der Waals surface area contributed by atoms with Crippen LogP contribution >= 0.6 is 11.8 Å². The second kappa shape index (κ2) is 9.13. The molecular formula is C22H18FN3O4S. The third kappa shape index (κ3) is 4.83. The van der Waals surface area contributed by atoms with Crippen LogP contribution in [0, 0.1) is 5.82 Å². The van der Waals surface area contributed by atoms with Gasteiger partial charge in [-0.2, -0.15) is 0 Å². The molecule has 2 aliphatic rings. The van der Waals surface area contributed by atoms with E-state index in [0.717, 1.165) is 22.2 Å². The molecule has 0 aliphatic carbocycles. The van der Waals surface area contributed by atoms with Crippen LogP contribution in [-0.2, 0) is 14.4 Å². The molecule has 2 heterocycles. The van der Waals surface area contributed by atoms with Gasteiger partial charge in [-0.15, -0.1) is 0 Å². The van der Waals surface area contributed by atoms with Crippen molar-refractivity contribution >= 4 is 40.6 Å². The molecule has 158 valence electrons. The number of nitrogens with one attached hydrogen (secondary N) is 1. The van der Waals surface area contributed by atoms with Crippen LogP contribution in [0.1, 0.15) is 17.5 Å². The highest BCUT2D eigenvalue weighted by molar-refractivity contribution is 8.18. The van der Waals surface area contributed by atoms with Crippen LogP contribution < -0.4 is 5.32 Å². The van der Waals surface area contributed by atoms with Crippen LogP contribution in [0.3, 0.4) is 0 Å². The number of carbonyl (C=O) groups excluding carboxylic acids is 3. The maximum absolute atomic E-state index is 13.0. The molecule has 1 fully saturated rings. The standard InChI is InChI=1S/C22H18FN3O4S/c23-16-8-6-14(7-9-16)12-19-21(28)26(22(29)31-19)11-10-24-20(27)18-13-17(25-30-18)15-4-2-1-3-5-15/h1-9,12,18H,10-11,13H2,(H,24,27)/b19-12-. The summed E-state index contributed by atoms with van der Waals surface area (Å²) in [4.78, 5) is 43.6. The monoisotopic (exact) mass is 439 g/mol. The number of nitrogens with zero attached hydrogens (tertiary/aromatic N) is 2. The normalized spacial score (nSPS) is 19.5. The van der Waals surface area contributed by atoms with Gasteiger partial charge in [-0.25, -0.2) is 4.39 Å². The van der Waals surface area contributed by atoms with E-state index in [1.54, 1.807) is 0 Å². The van der Waals surface area contributed by atoms with E-state index in [0.29, 0.717) is 17.7 Å². The molecule has 1 atom stereocenters. The first-order valence-electron chi connectivity index (χ1n) is 9.58. The zero-order chi connectivity index (χ0) is 21.8. The Morgan fingerprint density at radius 3 is 2.68 bits per heavy atom. The van der Waals surface area contributed by atoms with Gasteiger partial charge in [-0.1, -0.05) is 47.6 Å². The number of hydrogen-bond donors (Lipinski definition) is 1. The summed E-state index contributed by atoms with van der Waals surface area (Å²) < 4.78 is 13.0. The highest BCUT2D eigenvalue weighted by Crippen LogP contribution is 2.31. The summed E-state index contributed by atoms with van der Waals surface area (Å²) in [6.45, 7) is 0.136. The van der Waals surface area contributed by atoms with Gasteiger partial charge < -0.3 is 10.2 Å². The summed E-state index contributed by atoms with van der Waals surface area (Å²) in [5.74, 6) is -1.18. The fraction of sp³-hybridized carbons (Fsp3) is 0.182. The molecule has 2 aromatic carbocycles. The highest BCUT2D eigenvalue weighted by atomic mass is 32.2. The number of amides is 3. The molecule has 7 nitrogen and oxygen atoms in total.